The molecule has 0 fully saturated rings. The van der Waals surface area contributed by atoms with Gasteiger partial charge in [0.25, 0.3) is 0 Å². The van der Waals surface area contributed by atoms with Gasteiger partial charge in [-0.15, -0.1) is 0 Å². The van der Waals surface area contributed by atoms with Gasteiger partial charge in [-0.2, -0.15) is 11.3 Å². The Morgan fingerprint density at radius 3 is 2.25 bits per heavy atom. The monoisotopic (exact) mass is 234 g/mol. The Hall–Kier alpha value is -1.36. The van der Waals surface area contributed by atoms with E-state index in [1.807, 2.05) is 12.1 Å². The maximum atomic E-state index is 5.78. The summed E-state index contributed by atoms with van der Waals surface area (Å²) in [6.07, 6.45) is 0. The minimum atomic E-state index is 0.593. The minimum Gasteiger partial charge on any atom is -0.493 e. The van der Waals surface area contributed by atoms with Crippen LogP contribution < -0.4 is 19.0 Å². The molecule has 0 spiro atoms. The summed E-state index contributed by atoms with van der Waals surface area (Å²) in [5.41, 5.74) is 0. The largest absolute Gasteiger partial charge is 0.493 e. The molecule has 0 aliphatic rings. The van der Waals surface area contributed by atoms with E-state index in [4.69, 9.17) is 22.1 Å². The summed E-state index contributed by atoms with van der Waals surface area (Å²) in [7, 11) is 10.6. The standard InChI is InChI=1S/C11H11BO3S/c1-13-7-5-8-6(4-9(12)16-8)10(14-2)11(7)15-3/h4-5H,1-3H3. The lowest BCUT2D eigenvalue weighted by atomic mass is 10.1. The van der Waals surface area contributed by atoms with Crippen LogP contribution >= 0.6 is 11.3 Å². The minimum absolute atomic E-state index is 0.593. The fourth-order valence-corrected chi connectivity index (χ4v) is 2.53. The van der Waals surface area contributed by atoms with Gasteiger partial charge in [-0.3, -0.25) is 0 Å². The van der Waals surface area contributed by atoms with Gasteiger partial charge in [-0.1, -0.05) is 0 Å². The molecular weight excluding hydrogens is 223 g/mol. The number of hydrogen-bond donors (Lipinski definition) is 0. The van der Waals surface area contributed by atoms with Crippen LogP contribution in [-0.4, -0.2) is 29.2 Å². The molecule has 2 radical (unpaired) electrons. The molecule has 0 N–H and O–H groups in total. The quantitative estimate of drug-likeness (QED) is 0.757. The SMILES string of the molecule is [B]c1cc2c(OC)c(OC)c(OC)cc2s1. The third kappa shape index (κ3) is 1.61. The number of methoxy groups -OCH3 is 3. The second-order valence-corrected chi connectivity index (χ2v) is 4.32. The van der Waals surface area contributed by atoms with E-state index in [2.05, 4.69) is 0 Å². The molecule has 0 aliphatic carbocycles. The number of benzene rings is 1. The van der Waals surface area contributed by atoms with E-state index in [0.29, 0.717) is 17.2 Å². The van der Waals surface area contributed by atoms with Crippen molar-refractivity contribution in [2.24, 2.45) is 0 Å². The summed E-state index contributed by atoms with van der Waals surface area (Å²) in [4.78, 5) is 0. The molecular formula is C11H11BO3S. The lowest BCUT2D eigenvalue weighted by Gasteiger charge is -2.12. The topological polar surface area (TPSA) is 27.7 Å². The first-order valence-electron chi connectivity index (χ1n) is 4.69. The van der Waals surface area contributed by atoms with Crippen LogP contribution in [-0.2, 0) is 0 Å². The summed E-state index contributed by atoms with van der Waals surface area (Å²) >= 11 is 1.49. The van der Waals surface area contributed by atoms with E-state index in [1.54, 1.807) is 21.3 Å². The molecule has 1 aromatic heterocycles. The molecule has 0 saturated heterocycles. The molecule has 2 rings (SSSR count). The van der Waals surface area contributed by atoms with Gasteiger partial charge in [0.1, 0.15) is 7.85 Å². The van der Waals surface area contributed by atoms with Crippen LogP contribution in [0.5, 0.6) is 17.2 Å². The van der Waals surface area contributed by atoms with E-state index >= 15 is 0 Å². The van der Waals surface area contributed by atoms with Crippen LogP contribution in [0.25, 0.3) is 10.1 Å². The molecule has 16 heavy (non-hydrogen) atoms. The molecule has 5 heteroatoms. The molecule has 0 unspecified atom stereocenters. The molecule has 82 valence electrons. The molecule has 0 amide bonds. The Kier molecular flexibility index (Phi) is 2.96. The summed E-state index contributed by atoms with van der Waals surface area (Å²) in [5, 5.41) is 0.947. The Morgan fingerprint density at radius 2 is 1.69 bits per heavy atom. The van der Waals surface area contributed by atoms with Crippen LogP contribution in [0.3, 0.4) is 0 Å². The predicted molar refractivity (Wildman–Crippen MR) is 66.9 cm³/mol. The van der Waals surface area contributed by atoms with Crippen molar-refractivity contribution in [1.29, 1.82) is 0 Å². The van der Waals surface area contributed by atoms with Gasteiger partial charge in [0, 0.05) is 16.2 Å². The average Bonchev–Trinajstić information content (AvgIpc) is 2.66. The van der Waals surface area contributed by atoms with Crippen LogP contribution in [0.4, 0.5) is 0 Å². The first kappa shape index (κ1) is 11.1. The predicted octanol–water partition coefficient (Wildman–Crippen LogP) is 1.72. The number of hydrogen-bond acceptors (Lipinski definition) is 4. The zero-order chi connectivity index (χ0) is 11.7. The van der Waals surface area contributed by atoms with Crippen molar-refractivity contribution >= 4 is 34.0 Å². The normalized spacial score (nSPS) is 10.4. The van der Waals surface area contributed by atoms with Gasteiger partial charge in [-0.05, 0) is 10.8 Å². The summed E-state index contributed by atoms with van der Waals surface area (Å²) in [5.74, 6) is 1.90. The molecule has 0 aliphatic heterocycles. The fraction of sp³-hybridized carbons (Fsp3) is 0.273. The number of rotatable bonds is 3. The van der Waals surface area contributed by atoms with Crippen molar-refractivity contribution in [3.63, 3.8) is 0 Å². The Balaban J connectivity index is 2.81. The molecule has 1 heterocycles. The van der Waals surface area contributed by atoms with Gasteiger partial charge in [-0.25, -0.2) is 0 Å². The van der Waals surface area contributed by atoms with Crippen molar-refractivity contribution in [2.45, 2.75) is 0 Å². The number of ether oxygens (including phenoxy) is 3. The molecule has 3 nitrogen and oxygen atoms in total. The maximum Gasteiger partial charge on any atom is 0.204 e. The third-order valence-electron chi connectivity index (χ3n) is 2.34. The van der Waals surface area contributed by atoms with E-state index in [-0.39, 0.29) is 0 Å². The van der Waals surface area contributed by atoms with Crippen LogP contribution in [0.1, 0.15) is 0 Å². The van der Waals surface area contributed by atoms with Gasteiger partial charge >= 0.3 is 0 Å². The second-order valence-electron chi connectivity index (χ2n) is 3.21. The molecule has 0 atom stereocenters. The van der Waals surface area contributed by atoms with E-state index < -0.39 is 0 Å². The van der Waals surface area contributed by atoms with Crippen LogP contribution in [0.15, 0.2) is 12.1 Å². The van der Waals surface area contributed by atoms with Crippen molar-refractivity contribution in [3.8, 4) is 17.2 Å². The third-order valence-corrected chi connectivity index (χ3v) is 3.26. The lowest BCUT2D eigenvalue weighted by Crippen LogP contribution is -1.95. The second kappa shape index (κ2) is 4.25. The molecule has 0 saturated carbocycles. The first-order chi connectivity index (χ1) is 7.71. The zero-order valence-electron chi connectivity index (χ0n) is 9.37. The maximum absolute atomic E-state index is 5.78. The van der Waals surface area contributed by atoms with E-state index in [1.165, 1.54) is 11.3 Å². The van der Waals surface area contributed by atoms with Crippen LogP contribution in [0, 0.1) is 0 Å². The van der Waals surface area contributed by atoms with Crippen molar-refractivity contribution in [2.75, 3.05) is 21.3 Å². The van der Waals surface area contributed by atoms with Crippen LogP contribution in [0.2, 0.25) is 0 Å². The van der Waals surface area contributed by atoms with Gasteiger partial charge < -0.3 is 14.2 Å². The van der Waals surface area contributed by atoms with Gasteiger partial charge in [0.2, 0.25) is 5.75 Å². The van der Waals surface area contributed by atoms with Crippen molar-refractivity contribution in [1.82, 2.24) is 0 Å². The van der Waals surface area contributed by atoms with E-state index in [9.17, 15) is 0 Å². The first-order valence-corrected chi connectivity index (χ1v) is 5.51. The Labute approximate surface area is 99.3 Å². The van der Waals surface area contributed by atoms with Gasteiger partial charge in [0.05, 0.1) is 21.3 Å². The zero-order valence-corrected chi connectivity index (χ0v) is 10.2. The Bertz CT molecular complexity index is 521. The highest BCUT2D eigenvalue weighted by molar-refractivity contribution is 7.26. The molecule has 0 bridgehead atoms. The average molecular weight is 234 g/mol. The fourth-order valence-electron chi connectivity index (χ4n) is 1.68. The highest BCUT2D eigenvalue weighted by Crippen LogP contribution is 2.44. The van der Waals surface area contributed by atoms with E-state index in [0.717, 1.165) is 14.9 Å². The van der Waals surface area contributed by atoms with Gasteiger partial charge in [0.15, 0.2) is 11.5 Å². The Morgan fingerprint density at radius 1 is 1.00 bits per heavy atom. The highest BCUT2D eigenvalue weighted by Gasteiger charge is 2.16. The lowest BCUT2D eigenvalue weighted by molar-refractivity contribution is 0.327. The summed E-state index contributed by atoms with van der Waals surface area (Å²) < 4.78 is 17.7. The molecule has 2 aromatic rings. The summed E-state index contributed by atoms with van der Waals surface area (Å²) in [6.45, 7) is 0. The summed E-state index contributed by atoms with van der Waals surface area (Å²) in [6, 6.07) is 3.78. The smallest absolute Gasteiger partial charge is 0.204 e. The molecule has 1 aromatic carbocycles. The van der Waals surface area contributed by atoms with Crippen molar-refractivity contribution < 1.29 is 14.2 Å². The number of fused-ring (bicyclic) bond motifs is 1. The number of thiophene rings is 1. The van der Waals surface area contributed by atoms with Crippen molar-refractivity contribution in [3.05, 3.63) is 12.1 Å². The highest BCUT2D eigenvalue weighted by atomic mass is 32.1.